The lowest BCUT2D eigenvalue weighted by atomic mass is 9.87. The topological polar surface area (TPSA) is 29.1 Å². The van der Waals surface area contributed by atoms with Crippen molar-refractivity contribution in [3.63, 3.8) is 0 Å². The van der Waals surface area contributed by atoms with Gasteiger partial charge >= 0.3 is 0 Å². The first-order chi connectivity index (χ1) is 8.75. The minimum absolute atomic E-state index is 0.0888. The molecule has 2 unspecified atom stereocenters. The van der Waals surface area contributed by atoms with E-state index in [2.05, 4.69) is 36.5 Å². The first-order valence-electron chi connectivity index (χ1n) is 6.54. The van der Waals surface area contributed by atoms with E-state index >= 15 is 0 Å². The molecule has 1 heterocycles. The molecule has 18 heavy (non-hydrogen) atoms. The average Bonchev–Trinajstić information content (AvgIpc) is 3.17. The summed E-state index contributed by atoms with van der Waals surface area (Å²) >= 11 is 0. The first-order valence-corrected chi connectivity index (χ1v) is 6.54. The molecule has 1 aliphatic heterocycles. The second-order valence-electron chi connectivity index (χ2n) is 5.50. The van der Waals surface area contributed by atoms with Gasteiger partial charge in [0.05, 0.1) is 0 Å². The fraction of sp³-hybridized carbons (Fsp3) is 0.312. The molecule has 1 N–H and O–H groups in total. The third-order valence-corrected chi connectivity index (χ3v) is 4.40. The van der Waals surface area contributed by atoms with E-state index in [1.54, 1.807) is 0 Å². The molecule has 4 rings (SSSR count). The van der Waals surface area contributed by atoms with Crippen LogP contribution in [0.4, 0.5) is 0 Å². The highest BCUT2D eigenvalue weighted by molar-refractivity contribution is 6.06. The van der Waals surface area contributed by atoms with Crippen molar-refractivity contribution >= 4 is 11.5 Å². The average molecular weight is 237 g/mol. The lowest BCUT2D eigenvalue weighted by molar-refractivity contribution is -0.117. The van der Waals surface area contributed by atoms with Crippen molar-refractivity contribution in [3.8, 4) is 0 Å². The molecule has 1 aromatic carbocycles. The van der Waals surface area contributed by atoms with Crippen LogP contribution in [0.2, 0.25) is 0 Å². The van der Waals surface area contributed by atoms with Crippen LogP contribution in [0, 0.1) is 11.8 Å². The molecule has 2 aliphatic carbocycles. The number of allylic oxidation sites excluding steroid dienone is 2. The second-order valence-corrected chi connectivity index (χ2v) is 5.50. The number of nitrogens with one attached hydrogen (secondary N) is 1. The van der Waals surface area contributed by atoms with Crippen molar-refractivity contribution < 1.29 is 4.79 Å². The minimum atomic E-state index is 0.0888. The fourth-order valence-corrected chi connectivity index (χ4v) is 3.37. The van der Waals surface area contributed by atoms with E-state index in [1.165, 1.54) is 28.7 Å². The van der Waals surface area contributed by atoms with Crippen LogP contribution in [-0.4, -0.2) is 5.91 Å². The summed E-state index contributed by atoms with van der Waals surface area (Å²) in [5.74, 6) is 1.35. The molecule has 2 nitrogen and oxygen atoms in total. The second kappa shape index (κ2) is 3.35. The summed E-state index contributed by atoms with van der Waals surface area (Å²) in [4.78, 5) is 12.2. The van der Waals surface area contributed by atoms with Gasteiger partial charge in [0.15, 0.2) is 0 Å². The van der Waals surface area contributed by atoms with E-state index in [0.29, 0.717) is 18.4 Å². The van der Waals surface area contributed by atoms with Crippen molar-refractivity contribution in [3.05, 3.63) is 52.6 Å². The molecule has 90 valence electrons. The van der Waals surface area contributed by atoms with E-state index in [9.17, 15) is 4.79 Å². The van der Waals surface area contributed by atoms with Gasteiger partial charge in [-0.15, -0.1) is 0 Å². The summed E-state index contributed by atoms with van der Waals surface area (Å²) in [7, 11) is 0. The highest BCUT2D eigenvalue weighted by Gasteiger charge is 2.46. The highest BCUT2D eigenvalue weighted by Crippen LogP contribution is 2.56. The Morgan fingerprint density at radius 1 is 1.22 bits per heavy atom. The van der Waals surface area contributed by atoms with Crippen LogP contribution < -0.4 is 5.32 Å². The molecule has 1 amide bonds. The van der Waals surface area contributed by atoms with E-state index < -0.39 is 0 Å². The zero-order chi connectivity index (χ0) is 12.3. The lowest BCUT2D eigenvalue weighted by Gasteiger charge is -2.16. The Kier molecular flexibility index (Phi) is 1.88. The van der Waals surface area contributed by atoms with Crippen LogP contribution in [0.5, 0.6) is 0 Å². The largest absolute Gasteiger partial charge is 0.348 e. The molecule has 0 radical (unpaired) electrons. The smallest absolute Gasteiger partial charge is 0.251 e. The predicted octanol–water partition coefficient (Wildman–Crippen LogP) is 2.67. The summed E-state index contributed by atoms with van der Waals surface area (Å²) in [6.07, 6.45) is 3.31. The Bertz CT molecular complexity index is 624. The van der Waals surface area contributed by atoms with E-state index in [-0.39, 0.29) is 5.91 Å². The number of carbonyl (C=O) groups is 1. The maximum Gasteiger partial charge on any atom is 0.251 e. The Morgan fingerprint density at radius 2 is 2.06 bits per heavy atom. The Balaban J connectivity index is 2.00. The molecule has 1 fully saturated rings. The van der Waals surface area contributed by atoms with Gasteiger partial charge in [0.2, 0.25) is 0 Å². The van der Waals surface area contributed by atoms with Gasteiger partial charge in [-0.05, 0) is 48.0 Å². The van der Waals surface area contributed by atoms with Gasteiger partial charge in [-0.3, -0.25) is 4.79 Å². The molecule has 1 saturated carbocycles. The zero-order valence-electron chi connectivity index (χ0n) is 10.4. The fourth-order valence-electron chi connectivity index (χ4n) is 3.37. The summed E-state index contributed by atoms with van der Waals surface area (Å²) < 4.78 is 0. The lowest BCUT2D eigenvalue weighted by Crippen LogP contribution is -2.23. The summed E-state index contributed by atoms with van der Waals surface area (Å²) in [6, 6.07) is 8.40. The quantitative estimate of drug-likeness (QED) is 0.738. The SMILES string of the molecule is CC1=CC2=C(c3ccccc3CNC2=O)C2CC12. The van der Waals surface area contributed by atoms with Crippen LogP contribution in [0.15, 0.2) is 41.5 Å². The van der Waals surface area contributed by atoms with Crippen LogP contribution in [0.3, 0.4) is 0 Å². The van der Waals surface area contributed by atoms with Crippen molar-refractivity contribution in [2.75, 3.05) is 0 Å². The van der Waals surface area contributed by atoms with Crippen LogP contribution in [0.25, 0.3) is 5.57 Å². The Labute approximate surface area is 106 Å². The van der Waals surface area contributed by atoms with Gasteiger partial charge in [0.1, 0.15) is 0 Å². The number of hydrogen-bond donors (Lipinski definition) is 1. The molecule has 1 aromatic rings. The van der Waals surface area contributed by atoms with Crippen molar-refractivity contribution in [1.29, 1.82) is 0 Å². The predicted molar refractivity (Wildman–Crippen MR) is 70.6 cm³/mol. The molecule has 0 bridgehead atoms. The molecular weight excluding hydrogens is 222 g/mol. The normalized spacial score (nSPS) is 28.5. The monoisotopic (exact) mass is 237 g/mol. The van der Waals surface area contributed by atoms with Gasteiger partial charge in [0.25, 0.3) is 5.91 Å². The third-order valence-electron chi connectivity index (χ3n) is 4.40. The number of amides is 1. The summed E-state index contributed by atoms with van der Waals surface area (Å²) in [5, 5.41) is 3.02. The molecule has 2 heteroatoms. The van der Waals surface area contributed by atoms with Gasteiger partial charge < -0.3 is 5.32 Å². The minimum Gasteiger partial charge on any atom is -0.348 e. The summed E-state index contributed by atoms with van der Waals surface area (Å²) in [6.45, 7) is 2.80. The number of benzene rings is 1. The molecule has 0 aromatic heterocycles. The number of rotatable bonds is 0. The standard InChI is InChI=1S/C16H15NO/c1-9-6-14-15(13-7-12(9)13)11-5-3-2-4-10(11)8-17-16(14)18/h2-6,12-13H,7-8H2,1H3,(H,17,18). The van der Waals surface area contributed by atoms with Crippen molar-refractivity contribution in [2.45, 2.75) is 19.9 Å². The maximum atomic E-state index is 12.2. The van der Waals surface area contributed by atoms with Crippen LogP contribution in [0.1, 0.15) is 24.5 Å². The number of carbonyl (C=O) groups excluding carboxylic acids is 1. The molecule has 0 saturated heterocycles. The number of hydrogen-bond acceptors (Lipinski definition) is 1. The van der Waals surface area contributed by atoms with Crippen LogP contribution in [-0.2, 0) is 11.3 Å². The third kappa shape index (κ3) is 1.26. The summed E-state index contributed by atoms with van der Waals surface area (Å²) in [5.41, 5.74) is 6.08. The van der Waals surface area contributed by atoms with Crippen molar-refractivity contribution in [2.24, 2.45) is 11.8 Å². The molecule has 3 aliphatic rings. The van der Waals surface area contributed by atoms with Gasteiger partial charge in [-0.25, -0.2) is 0 Å². The van der Waals surface area contributed by atoms with Gasteiger partial charge in [-0.2, -0.15) is 0 Å². The first kappa shape index (κ1) is 10.1. The van der Waals surface area contributed by atoms with Crippen LogP contribution >= 0.6 is 0 Å². The highest BCUT2D eigenvalue weighted by atomic mass is 16.1. The Morgan fingerprint density at radius 3 is 2.94 bits per heavy atom. The van der Waals surface area contributed by atoms with Gasteiger partial charge in [0, 0.05) is 12.1 Å². The molecular formula is C16H15NO. The van der Waals surface area contributed by atoms with E-state index in [0.717, 1.165) is 5.57 Å². The zero-order valence-corrected chi connectivity index (χ0v) is 10.4. The van der Waals surface area contributed by atoms with Crippen molar-refractivity contribution in [1.82, 2.24) is 5.32 Å². The Hall–Kier alpha value is -1.83. The number of fused-ring (bicyclic) bond motifs is 4. The van der Waals surface area contributed by atoms with Gasteiger partial charge in [-0.1, -0.05) is 29.8 Å². The molecule has 2 atom stereocenters. The molecule has 0 spiro atoms. The van der Waals surface area contributed by atoms with E-state index in [4.69, 9.17) is 0 Å². The maximum absolute atomic E-state index is 12.2. The van der Waals surface area contributed by atoms with E-state index in [1.807, 2.05) is 6.07 Å².